The normalized spacial score (nSPS) is 10.2. The van der Waals surface area contributed by atoms with E-state index in [-0.39, 0.29) is 12.5 Å². The number of aromatic nitrogens is 1. The van der Waals surface area contributed by atoms with E-state index in [1.807, 2.05) is 19.9 Å². The molecule has 0 saturated heterocycles. The average molecular weight is 287 g/mol. The lowest BCUT2D eigenvalue weighted by atomic mass is 10.2. The Morgan fingerprint density at radius 3 is 2.81 bits per heavy atom. The fourth-order valence-electron chi connectivity index (χ4n) is 1.33. The number of hydrogen-bond donors (Lipinski definition) is 1. The third-order valence-corrected chi connectivity index (χ3v) is 2.73. The van der Waals surface area contributed by atoms with Crippen LogP contribution in [0.15, 0.2) is 10.5 Å². The number of nitrogens with zero attached hydrogens (tertiary/aromatic N) is 1. The number of carbonyl (C=O) groups is 1. The lowest BCUT2D eigenvalue weighted by Gasteiger charge is -2.11. The molecule has 0 radical (unpaired) electrons. The zero-order valence-electron chi connectivity index (χ0n) is 9.63. The highest BCUT2D eigenvalue weighted by Crippen LogP contribution is 2.26. The number of rotatable bonds is 4. The molecule has 0 bridgehead atoms. The van der Waals surface area contributed by atoms with Crippen LogP contribution >= 0.6 is 15.9 Å². The van der Waals surface area contributed by atoms with Crippen LogP contribution in [0.4, 0.5) is 5.69 Å². The van der Waals surface area contributed by atoms with Gasteiger partial charge in [0.15, 0.2) is 0 Å². The molecule has 0 aliphatic carbocycles. The number of hydrogen-bond acceptors (Lipinski definition) is 3. The zero-order valence-corrected chi connectivity index (χ0v) is 11.2. The van der Waals surface area contributed by atoms with Crippen LogP contribution in [-0.4, -0.2) is 24.6 Å². The van der Waals surface area contributed by atoms with Gasteiger partial charge >= 0.3 is 0 Å². The number of nitrogens with one attached hydrogen (secondary N) is 1. The van der Waals surface area contributed by atoms with Gasteiger partial charge in [0.25, 0.3) is 0 Å². The first-order valence-corrected chi connectivity index (χ1v) is 5.82. The lowest BCUT2D eigenvalue weighted by Crippen LogP contribution is -2.18. The smallest absolute Gasteiger partial charge is 0.250 e. The molecule has 1 heterocycles. The molecule has 0 aromatic carbocycles. The van der Waals surface area contributed by atoms with Crippen LogP contribution in [0.1, 0.15) is 18.3 Å². The Balaban J connectivity index is 2.92. The van der Waals surface area contributed by atoms with Crippen LogP contribution in [0.25, 0.3) is 0 Å². The Hall–Kier alpha value is -0.940. The van der Waals surface area contributed by atoms with Crippen molar-refractivity contribution in [3.63, 3.8) is 0 Å². The van der Waals surface area contributed by atoms with Gasteiger partial charge in [-0.25, -0.2) is 0 Å². The molecule has 0 aliphatic heterocycles. The Bertz CT molecular complexity index is 371. The molecule has 5 heteroatoms. The van der Waals surface area contributed by atoms with Gasteiger partial charge < -0.3 is 10.1 Å². The monoisotopic (exact) mass is 286 g/mol. The van der Waals surface area contributed by atoms with E-state index in [2.05, 4.69) is 26.2 Å². The Labute approximate surface area is 104 Å². The predicted molar refractivity (Wildman–Crippen MR) is 66.6 cm³/mol. The summed E-state index contributed by atoms with van der Waals surface area (Å²) in [6.07, 6.45) is 0.867. The number of pyridine rings is 1. The van der Waals surface area contributed by atoms with Gasteiger partial charge in [-0.2, -0.15) is 0 Å². The van der Waals surface area contributed by atoms with Crippen molar-refractivity contribution in [1.29, 1.82) is 0 Å². The summed E-state index contributed by atoms with van der Waals surface area (Å²) in [4.78, 5) is 15.8. The molecule has 0 spiro atoms. The Kier molecular flexibility index (Phi) is 4.89. The number of ether oxygens (including phenoxy) is 1. The number of carbonyl (C=O) groups excluding carboxylic acids is 1. The average Bonchev–Trinajstić information content (AvgIpc) is 2.23. The quantitative estimate of drug-likeness (QED) is 0.924. The maximum absolute atomic E-state index is 11.4. The molecule has 1 aromatic heterocycles. The molecule has 0 fully saturated rings. The van der Waals surface area contributed by atoms with Gasteiger partial charge in [0.1, 0.15) is 6.61 Å². The van der Waals surface area contributed by atoms with Crippen molar-refractivity contribution in [3.05, 3.63) is 21.9 Å². The number of aryl methyl sites for hydroxylation is 2. The molecule has 4 nitrogen and oxygen atoms in total. The lowest BCUT2D eigenvalue weighted by molar-refractivity contribution is -0.119. The molecule has 88 valence electrons. The van der Waals surface area contributed by atoms with E-state index in [1.54, 1.807) is 0 Å². The zero-order chi connectivity index (χ0) is 12.1. The van der Waals surface area contributed by atoms with Crippen molar-refractivity contribution in [1.82, 2.24) is 4.98 Å². The van der Waals surface area contributed by atoms with E-state index >= 15 is 0 Å². The second-order valence-corrected chi connectivity index (χ2v) is 4.24. The van der Waals surface area contributed by atoms with Crippen LogP contribution in [0.5, 0.6) is 0 Å². The minimum atomic E-state index is -0.183. The Morgan fingerprint density at radius 2 is 2.31 bits per heavy atom. The molecule has 1 rings (SSSR count). The van der Waals surface area contributed by atoms with Crippen molar-refractivity contribution in [2.45, 2.75) is 20.3 Å². The molecule has 16 heavy (non-hydrogen) atoms. The number of halogens is 1. The first-order chi connectivity index (χ1) is 7.58. The van der Waals surface area contributed by atoms with E-state index < -0.39 is 0 Å². The predicted octanol–water partition coefficient (Wildman–Crippen LogP) is 2.30. The third kappa shape index (κ3) is 3.28. The maximum atomic E-state index is 11.4. The maximum Gasteiger partial charge on any atom is 0.250 e. The minimum absolute atomic E-state index is 0.0431. The molecule has 1 aromatic rings. The topological polar surface area (TPSA) is 51.2 Å². The molecule has 0 saturated carbocycles. The minimum Gasteiger partial charge on any atom is -0.375 e. The summed E-state index contributed by atoms with van der Waals surface area (Å²) in [5.74, 6) is -0.183. The molecule has 1 N–H and O–H groups in total. The summed E-state index contributed by atoms with van der Waals surface area (Å²) in [6, 6.07) is 1.91. The van der Waals surface area contributed by atoms with E-state index in [0.29, 0.717) is 5.69 Å². The first-order valence-electron chi connectivity index (χ1n) is 5.03. The largest absolute Gasteiger partial charge is 0.375 e. The summed E-state index contributed by atoms with van der Waals surface area (Å²) < 4.78 is 5.60. The van der Waals surface area contributed by atoms with Crippen LogP contribution in [0.3, 0.4) is 0 Å². The number of methoxy groups -OCH3 is 1. The fraction of sp³-hybridized carbons (Fsp3) is 0.455. The van der Waals surface area contributed by atoms with E-state index in [0.717, 1.165) is 22.3 Å². The number of anilines is 1. The standard InChI is InChI=1S/C11H15BrN2O2/c1-4-8-5-9(12)11(7(2)13-8)14-10(15)6-16-3/h5H,4,6H2,1-3H3,(H,14,15). The van der Waals surface area contributed by atoms with Gasteiger partial charge in [-0.1, -0.05) is 6.92 Å². The Morgan fingerprint density at radius 1 is 1.62 bits per heavy atom. The second kappa shape index (κ2) is 5.96. The molecule has 0 aliphatic rings. The van der Waals surface area contributed by atoms with Gasteiger partial charge in [-0.3, -0.25) is 9.78 Å². The molecular weight excluding hydrogens is 272 g/mol. The van der Waals surface area contributed by atoms with Crippen molar-refractivity contribution in [2.75, 3.05) is 19.0 Å². The van der Waals surface area contributed by atoms with Crippen LogP contribution in [0, 0.1) is 6.92 Å². The van der Waals surface area contributed by atoms with E-state index in [1.165, 1.54) is 7.11 Å². The van der Waals surface area contributed by atoms with Gasteiger partial charge in [0.05, 0.1) is 11.4 Å². The summed E-state index contributed by atoms with van der Waals surface area (Å²) >= 11 is 3.42. The third-order valence-electron chi connectivity index (χ3n) is 2.11. The fourth-order valence-corrected chi connectivity index (χ4v) is 1.98. The van der Waals surface area contributed by atoms with Crippen molar-refractivity contribution < 1.29 is 9.53 Å². The van der Waals surface area contributed by atoms with Crippen LogP contribution < -0.4 is 5.32 Å². The highest BCUT2D eigenvalue weighted by atomic mass is 79.9. The number of amides is 1. The summed E-state index contributed by atoms with van der Waals surface area (Å²) in [7, 11) is 1.49. The SMILES string of the molecule is CCc1cc(Br)c(NC(=O)COC)c(C)n1. The van der Waals surface area contributed by atoms with Crippen LogP contribution in [-0.2, 0) is 16.0 Å². The van der Waals surface area contributed by atoms with E-state index in [9.17, 15) is 4.79 Å². The molecular formula is C11H15BrN2O2. The van der Waals surface area contributed by atoms with Crippen LogP contribution in [0.2, 0.25) is 0 Å². The molecule has 0 unspecified atom stereocenters. The first kappa shape index (κ1) is 13.1. The summed E-state index contributed by atoms with van der Waals surface area (Å²) in [6.45, 7) is 3.95. The van der Waals surface area contributed by atoms with Gasteiger partial charge in [0, 0.05) is 17.3 Å². The summed E-state index contributed by atoms with van der Waals surface area (Å²) in [5, 5.41) is 2.76. The highest BCUT2D eigenvalue weighted by molar-refractivity contribution is 9.10. The second-order valence-electron chi connectivity index (χ2n) is 3.39. The summed E-state index contributed by atoms with van der Waals surface area (Å²) in [5.41, 5.74) is 2.50. The van der Waals surface area contributed by atoms with Gasteiger partial charge in [0.2, 0.25) is 5.91 Å². The molecule has 1 amide bonds. The van der Waals surface area contributed by atoms with E-state index in [4.69, 9.17) is 4.74 Å². The van der Waals surface area contributed by atoms with Crippen molar-refractivity contribution in [3.8, 4) is 0 Å². The highest BCUT2D eigenvalue weighted by Gasteiger charge is 2.10. The van der Waals surface area contributed by atoms with Gasteiger partial charge in [-0.05, 0) is 35.3 Å². The van der Waals surface area contributed by atoms with Gasteiger partial charge in [-0.15, -0.1) is 0 Å². The molecule has 0 atom stereocenters. The van der Waals surface area contributed by atoms with Crippen molar-refractivity contribution >= 4 is 27.5 Å². The van der Waals surface area contributed by atoms with Crippen molar-refractivity contribution in [2.24, 2.45) is 0 Å².